The van der Waals surface area contributed by atoms with Gasteiger partial charge in [-0.15, -0.1) is 0 Å². The van der Waals surface area contributed by atoms with E-state index in [4.69, 9.17) is 18.9 Å². The molecule has 3 rings (SSSR count). The van der Waals surface area contributed by atoms with Crippen LogP contribution in [0.4, 0.5) is 0 Å². The number of rotatable bonds is 5. The molecule has 11 heteroatoms. The summed E-state index contributed by atoms with van der Waals surface area (Å²) in [6.07, 6.45) is -3.89. The number of aliphatic hydroxyl groups excluding tert-OH is 3. The van der Waals surface area contributed by atoms with E-state index >= 15 is 0 Å². The molecule has 0 radical (unpaired) electrons. The van der Waals surface area contributed by atoms with Crippen LogP contribution < -0.4 is 0 Å². The minimum absolute atomic E-state index is 0.146. The van der Waals surface area contributed by atoms with E-state index in [0.29, 0.717) is 6.42 Å². The SMILES string of the molecule is CC[C@H]1OC(=O)[C@H](C)[C@@H](O)[C@H](C)[C@@H](O[C@H]2O[C@@H](C)C[C@@H](N3CCCC3)[C@@H]2O)[C@](C)(OC)C[C@@H](C)C(=O)[C@H](C)[C@@H](O)[C@]1(C)O. The number of aliphatic hydroxyl groups is 4. The Morgan fingerprint density at radius 3 is 2.14 bits per heavy atom. The van der Waals surface area contributed by atoms with Crippen LogP contribution in [0.25, 0.3) is 0 Å². The first-order valence-electron chi connectivity index (χ1n) is 16.1. The molecule has 3 aliphatic heterocycles. The molecule has 3 fully saturated rings. The van der Waals surface area contributed by atoms with Crippen LogP contribution in [0.1, 0.15) is 87.5 Å². The number of hydrogen-bond donors (Lipinski definition) is 4. The van der Waals surface area contributed by atoms with Crippen LogP contribution in [-0.2, 0) is 28.5 Å². The van der Waals surface area contributed by atoms with E-state index in [2.05, 4.69) is 4.90 Å². The lowest BCUT2D eigenvalue weighted by Crippen LogP contribution is -2.60. The number of nitrogens with zero attached hydrogens (tertiary/aromatic N) is 1. The smallest absolute Gasteiger partial charge is 0.311 e. The van der Waals surface area contributed by atoms with E-state index in [1.807, 2.05) is 6.92 Å². The number of methoxy groups -OCH3 is 1. The van der Waals surface area contributed by atoms with Crippen molar-refractivity contribution in [1.29, 1.82) is 0 Å². The maximum Gasteiger partial charge on any atom is 0.311 e. The number of esters is 1. The highest BCUT2D eigenvalue weighted by atomic mass is 16.7. The van der Waals surface area contributed by atoms with Crippen molar-refractivity contribution in [1.82, 2.24) is 4.90 Å². The van der Waals surface area contributed by atoms with Gasteiger partial charge in [0.2, 0.25) is 0 Å². The number of Topliss-reactive ketones (excluding diaryl/α,β-unsaturated/α-hetero) is 1. The fraction of sp³-hybridized carbons (Fsp3) is 0.938. The zero-order valence-electron chi connectivity index (χ0n) is 27.6. The van der Waals surface area contributed by atoms with Gasteiger partial charge in [-0.05, 0) is 72.9 Å². The fourth-order valence-electron chi connectivity index (χ4n) is 7.51. The van der Waals surface area contributed by atoms with Crippen LogP contribution in [0.15, 0.2) is 0 Å². The van der Waals surface area contributed by atoms with Crippen molar-refractivity contribution in [3.63, 3.8) is 0 Å². The normalized spacial score (nSPS) is 48.1. The zero-order valence-corrected chi connectivity index (χ0v) is 27.6. The molecule has 3 aliphatic rings. The molecule has 14 atom stereocenters. The number of ether oxygens (including phenoxy) is 4. The highest BCUT2D eigenvalue weighted by Gasteiger charge is 2.52. The first-order valence-corrected chi connectivity index (χ1v) is 16.1. The molecule has 0 saturated carbocycles. The molecule has 3 saturated heterocycles. The molecule has 0 amide bonds. The van der Waals surface area contributed by atoms with Gasteiger partial charge in [0.25, 0.3) is 0 Å². The molecular formula is C32H57NO10. The van der Waals surface area contributed by atoms with Gasteiger partial charge < -0.3 is 39.4 Å². The van der Waals surface area contributed by atoms with Crippen molar-refractivity contribution in [2.75, 3.05) is 20.2 Å². The predicted molar refractivity (Wildman–Crippen MR) is 159 cm³/mol. The molecule has 0 aliphatic carbocycles. The summed E-state index contributed by atoms with van der Waals surface area (Å²) in [5, 5.41) is 45.5. The Hall–Kier alpha value is -1.18. The lowest BCUT2D eigenvalue weighted by atomic mass is 9.74. The summed E-state index contributed by atoms with van der Waals surface area (Å²) in [4.78, 5) is 29.3. The third-order valence-corrected chi connectivity index (χ3v) is 10.5. The Bertz CT molecular complexity index is 941. The second kappa shape index (κ2) is 14.5. The lowest BCUT2D eigenvalue weighted by molar-refractivity contribution is -0.302. The van der Waals surface area contributed by atoms with Gasteiger partial charge in [0, 0.05) is 30.9 Å². The third-order valence-electron chi connectivity index (χ3n) is 10.5. The summed E-state index contributed by atoms with van der Waals surface area (Å²) in [6.45, 7) is 15.1. The van der Waals surface area contributed by atoms with Crippen LogP contribution in [0.5, 0.6) is 0 Å². The molecule has 0 unspecified atom stereocenters. The zero-order chi connectivity index (χ0) is 32.4. The number of ketones is 1. The van der Waals surface area contributed by atoms with Crippen LogP contribution in [0.2, 0.25) is 0 Å². The topological polar surface area (TPSA) is 155 Å². The molecule has 11 nitrogen and oxygen atoms in total. The summed E-state index contributed by atoms with van der Waals surface area (Å²) in [7, 11) is 1.50. The summed E-state index contributed by atoms with van der Waals surface area (Å²) in [6, 6.07) is -0.153. The Morgan fingerprint density at radius 1 is 0.977 bits per heavy atom. The van der Waals surface area contributed by atoms with Gasteiger partial charge in [0.15, 0.2) is 6.29 Å². The van der Waals surface area contributed by atoms with Gasteiger partial charge in [0.1, 0.15) is 23.6 Å². The van der Waals surface area contributed by atoms with Gasteiger partial charge >= 0.3 is 5.97 Å². The maximum absolute atomic E-state index is 13.7. The van der Waals surface area contributed by atoms with E-state index in [1.165, 1.54) is 14.0 Å². The molecule has 0 aromatic heterocycles. The second-order valence-electron chi connectivity index (χ2n) is 13.9. The molecule has 3 heterocycles. The first-order chi connectivity index (χ1) is 20.0. The summed E-state index contributed by atoms with van der Waals surface area (Å²) >= 11 is 0. The molecular weight excluding hydrogens is 558 g/mol. The van der Waals surface area contributed by atoms with E-state index in [1.54, 1.807) is 41.5 Å². The Kier molecular flexibility index (Phi) is 12.2. The van der Waals surface area contributed by atoms with E-state index < -0.39 is 77.7 Å². The predicted octanol–water partition coefficient (Wildman–Crippen LogP) is 2.05. The summed E-state index contributed by atoms with van der Waals surface area (Å²) < 4.78 is 24.5. The van der Waals surface area contributed by atoms with Crippen molar-refractivity contribution in [2.24, 2.45) is 23.7 Å². The largest absolute Gasteiger partial charge is 0.459 e. The average Bonchev–Trinajstić information content (AvgIpc) is 3.51. The lowest BCUT2D eigenvalue weighted by Gasteiger charge is -2.48. The quantitative estimate of drug-likeness (QED) is 0.336. The average molecular weight is 616 g/mol. The van der Waals surface area contributed by atoms with Crippen molar-refractivity contribution < 1.29 is 49.0 Å². The number of likely N-dealkylation sites (tertiary alicyclic amines) is 1. The Labute approximate surface area is 257 Å². The molecule has 250 valence electrons. The number of carbonyl (C=O) groups is 2. The fourth-order valence-corrected chi connectivity index (χ4v) is 7.51. The highest BCUT2D eigenvalue weighted by molar-refractivity contribution is 5.83. The number of cyclic esters (lactones) is 1. The third kappa shape index (κ3) is 7.62. The molecule has 4 N–H and O–H groups in total. The van der Waals surface area contributed by atoms with Crippen LogP contribution in [0, 0.1) is 23.7 Å². The number of carbonyl (C=O) groups excluding carboxylic acids is 2. The van der Waals surface area contributed by atoms with E-state index in [-0.39, 0.29) is 30.8 Å². The number of hydrogen-bond acceptors (Lipinski definition) is 11. The molecule has 0 aromatic carbocycles. The standard InChI is InChI=1S/C32H57NO10/c1-10-23-32(8,39)27(37)19(4)24(34)17(2)16-31(7,40-9)28(20(5)25(35)21(6)29(38)42-23)43-30-26(36)22(15-18(3)41-30)33-13-11-12-14-33/h17-23,25-28,30,35-37,39H,10-16H2,1-9H3/t17-,18+,19+,20+,21-,22-,23-,25+,26+,27-,28-,30-,31-,32-/m1/s1. The van der Waals surface area contributed by atoms with Crippen molar-refractivity contribution in [3.05, 3.63) is 0 Å². The van der Waals surface area contributed by atoms with Gasteiger partial charge in [-0.3, -0.25) is 14.5 Å². The molecule has 0 aromatic rings. The van der Waals surface area contributed by atoms with E-state index in [9.17, 15) is 30.0 Å². The minimum atomic E-state index is -1.91. The monoisotopic (exact) mass is 615 g/mol. The van der Waals surface area contributed by atoms with Crippen LogP contribution >= 0.6 is 0 Å². The van der Waals surface area contributed by atoms with Crippen LogP contribution in [-0.4, -0.2) is 117 Å². The van der Waals surface area contributed by atoms with E-state index in [0.717, 1.165) is 25.9 Å². The summed E-state index contributed by atoms with van der Waals surface area (Å²) in [5.41, 5.74) is -3.10. The van der Waals surface area contributed by atoms with Crippen molar-refractivity contribution >= 4 is 11.8 Å². The first kappa shape index (κ1) is 36.3. The minimum Gasteiger partial charge on any atom is -0.459 e. The Balaban J connectivity index is 2.03. The van der Waals surface area contributed by atoms with Gasteiger partial charge in [-0.2, -0.15) is 0 Å². The van der Waals surface area contributed by atoms with Gasteiger partial charge in [0.05, 0.1) is 35.9 Å². The van der Waals surface area contributed by atoms with Crippen LogP contribution in [0.3, 0.4) is 0 Å². The van der Waals surface area contributed by atoms with Gasteiger partial charge in [-0.25, -0.2) is 0 Å². The highest BCUT2D eigenvalue weighted by Crippen LogP contribution is 2.39. The summed E-state index contributed by atoms with van der Waals surface area (Å²) in [5.74, 6) is -4.44. The molecule has 0 spiro atoms. The van der Waals surface area contributed by atoms with Gasteiger partial charge in [-0.1, -0.05) is 27.7 Å². The second-order valence-corrected chi connectivity index (χ2v) is 13.9. The molecule has 43 heavy (non-hydrogen) atoms. The Morgan fingerprint density at radius 2 is 1.58 bits per heavy atom. The van der Waals surface area contributed by atoms with Crippen molar-refractivity contribution in [2.45, 2.75) is 148 Å². The maximum atomic E-state index is 13.7. The van der Waals surface area contributed by atoms with Crippen molar-refractivity contribution in [3.8, 4) is 0 Å². The molecule has 0 bridgehead atoms.